The fraction of sp³-hybridized carbons (Fsp3) is 0.438. The number of nitrogens with two attached hydrogens (primary N) is 1. The van der Waals surface area contributed by atoms with Crippen LogP contribution in [0.1, 0.15) is 36.0 Å². The molecule has 1 aliphatic carbocycles. The van der Waals surface area contributed by atoms with Crippen LogP contribution in [0.3, 0.4) is 0 Å². The molecule has 1 fully saturated rings. The number of hydrogen-bond acceptors (Lipinski definition) is 2. The summed E-state index contributed by atoms with van der Waals surface area (Å²) in [5.74, 6) is 0.107. The van der Waals surface area contributed by atoms with E-state index in [4.69, 9.17) is 5.73 Å². The topological polar surface area (TPSA) is 62.1 Å². The van der Waals surface area contributed by atoms with E-state index >= 15 is 0 Å². The van der Waals surface area contributed by atoms with E-state index in [2.05, 4.69) is 4.98 Å². The molecule has 0 spiro atoms. The number of nitrogens with zero attached hydrogens (tertiary/aromatic N) is 1. The summed E-state index contributed by atoms with van der Waals surface area (Å²) in [6.45, 7) is 0. The SMILES string of the molecule is CN(C(=O)c1cccc2[nH]ccc12)C1CCC(N)CC1. The molecule has 106 valence electrons. The summed E-state index contributed by atoms with van der Waals surface area (Å²) in [5.41, 5.74) is 7.73. The highest BCUT2D eigenvalue weighted by Gasteiger charge is 2.26. The summed E-state index contributed by atoms with van der Waals surface area (Å²) in [4.78, 5) is 17.8. The van der Waals surface area contributed by atoms with Crippen LogP contribution in [0.2, 0.25) is 0 Å². The molecule has 20 heavy (non-hydrogen) atoms. The Morgan fingerprint density at radius 2 is 2.00 bits per heavy atom. The van der Waals surface area contributed by atoms with Crippen molar-refractivity contribution in [3.63, 3.8) is 0 Å². The maximum Gasteiger partial charge on any atom is 0.254 e. The van der Waals surface area contributed by atoms with Gasteiger partial charge >= 0.3 is 0 Å². The van der Waals surface area contributed by atoms with Gasteiger partial charge in [-0.3, -0.25) is 4.79 Å². The molecule has 0 radical (unpaired) electrons. The monoisotopic (exact) mass is 271 g/mol. The van der Waals surface area contributed by atoms with E-state index in [0.717, 1.165) is 42.1 Å². The number of rotatable bonds is 2. The molecule has 1 aromatic carbocycles. The maximum atomic E-state index is 12.7. The molecule has 1 amide bonds. The number of aromatic nitrogens is 1. The van der Waals surface area contributed by atoms with Gasteiger partial charge in [0.05, 0.1) is 0 Å². The number of carbonyl (C=O) groups is 1. The van der Waals surface area contributed by atoms with E-state index in [-0.39, 0.29) is 5.91 Å². The highest BCUT2D eigenvalue weighted by atomic mass is 16.2. The van der Waals surface area contributed by atoms with Crippen molar-refractivity contribution in [1.29, 1.82) is 0 Å². The number of nitrogens with one attached hydrogen (secondary N) is 1. The minimum Gasteiger partial charge on any atom is -0.361 e. The standard InChI is InChI=1S/C16H21N3O/c1-19(12-7-5-11(17)6-8-12)16(20)14-3-2-4-15-13(14)9-10-18-15/h2-4,9-12,18H,5-8,17H2,1H3. The van der Waals surface area contributed by atoms with Gasteiger partial charge in [0.15, 0.2) is 0 Å². The second-order valence-corrected chi connectivity index (χ2v) is 5.73. The Balaban J connectivity index is 1.83. The molecule has 1 aliphatic rings. The molecular weight excluding hydrogens is 250 g/mol. The van der Waals surface area contributed by atoms with Crippen LogP contribution in [-0.4, -0.2) is 34.9 Å². The zero-order chi connectivity index (χ0) is 14.1. The largest absolute Gasteiger partial charge is 0.361 e. The predicted octanol–water partition coefficient (Wildman–Crippen LogP) is 2.51. The number of hydrogen-bond donors (Lipinski definition) is 2. The van der Waals surface area contributed by atoms with Crippen molar-refractivity contribution >= 4 is 16.8 Å². The van der Waals surface area contributed by atoms with Gasteiger partial charge < -0.3 is 15.6 Å². The fourth-order valence-electron chi connectivity index (χ4n) is 3.12. The Morgan fingerprint density at radius 1 is 1.25 bits per heavy atom. The van der Waals surface area contributed by atoms with Crippen LogP contribution in [0.25, 0.3) is 10.9 Å². The van der Waals surface area contributed by atoms with Gasteiger partial charge in [-0.05, 0) is 43.9 Å². The molecule has 1 heterocycles. The van der Waals surface area contributed by atoms with Crippen LogP contribution < -0.4 is 5.73 Å². The molecule has 0 saturated heterocycles. The number of carbonyl (C=O) groups excluding carboxylic acids is 1. The Kier molecular flexibility index (Phi) is 3.49. The van der Waals surface area contributed by atoms with Crippen molar-refractivity contribution in [2.75, 3.05) is 7.05 Å². The van der Waals surface area contributed by atoms with Crippen molar-refractivity contribution in [2.24, 2.45) is 5.73 Å². The number of benzene rings is 1. The first kappa shape index (κ1) is 13.2. The van der Waals surface area contributed by atoms with E-state index < -0.39 is 0 Å². The predicted molar refractivity (Wildman–Crippen MR) is 80.6 cm³/mol. The van der Waals surface area contributed by atoms with E-state index in [1.807, 2.05) is 42.4 Å². The third-order valence-electron chi connectivity index (χ3n) is 4.43. The third-order valence-corrected chi connectivity index (χ3v) is 4.43. The van der Waals surface area contributed by atoms with Crippen LogP contribution in [-0.2, 0) is 0 Å². The van der Waals surface area contributed by atoms with Crippen LogP contribution in [0, 0.1) is 0 Å². The molecule has 0 unspecified atom stereocenters. The summed E-state index contributed by atoms with van der Waals surface area (Å²) in [7, 11) is 1.91. The molecule has 3 N–H and O–H groups in total. The molecule has 0 aliphatic heterocycles. The zero-order valence-electron chi connectivity index (χ0n) is 11.8. The van der Waals surface area contributed by atoms with Crippen LogP contribution in [0.5, 0.6) is 0 Å². The van der Waals surface area contributed by atoms with Gasteiger partial charge in [0.2, 0.25) is 0 Å². The maximum absolute atomic E-state index is 12.7. The van der Waals surface area contributed by atoms with Gasteiger partial charge in [-0.2, -0.15) is 0 Å². The van der Waals surface area contributed by atoms with Crippen LogP contribution >= 0.6 is 0 Å². The molecule has 3 rings (SSSR count). The Labute approximate surface area is 118 Å². The number of aromatic amines is 1. The van der Waals surface area contributed by atoms with Gasteiger partial charge in [0, 0.05) is 41.8 Å². The first-order chi connectivity index (χ1) is 9.66. The molecule has 2 aromatic rings. The smallest absolute Gasteiger partial charge is 0.254 e. The first-order valence-corrected chi connectivity index (χ1v) is 7.25. The lowest BCUT2D eigenvalue weighted by atomic mass is 9.90. The van der Waals surface area contributed by atoms with Gasteiger partial charge in [-0.25, -0.2) is 0 Å². The van der Waals surface area contributed by atoms with Crippen LogP contribution in [0.15, 0.2) is 30.5 Å². The average molecular weight is 271 g/mol. The molecule has 4 heteroatoms. The lowest BCUT2D eigenvalue weighted by Gasteiger charge is -2.33. The van der Waals surface area contributed by atoms with E-state index in [9.17, 15) is 4.79 Å². The summed E-state index contributed by atoms with van der Waals surface area (Å²) in [6, 6.07) is 8.42. The Hall–Kier alpha value is -1.81. The van der Waals surface area contributed by atoms with Gasteiger partial charge in [0.1, 0.15) is 0 Å². The molecule has 1 aromatic heterocycles. The highest BCUT2D eigenvalue weighted by molar-refractivity contribution is 6.06. The number of amides is 1. The quantitative estimate of drug-likeness (QED) is 0.881. The third kappa shape index (κ3) is 2.31. The van der Waals surface area contributed by atoms with Crippen molar-refractivity contribution in [3.8, 4) is 0 Å². The Bertz CT molecular complexity index is 611. The highest BCUT2D eigenvalue weighted by Crippen LogP contribution is 2.24. The summed E-state index contributed by atoms with van der Waals surface area (Å²) >= 11 is 0. The van der Waals surface area contributed by atoms with E-state index in [1.165, 1.54) is 0 Å². The molecule has 0 atom stereocenters. The van der Waals surface area contributed by atoms with Crippen molar-refractivity contribution in [3.05, 3.63) is 36.0 Å². The molecule has 1 saturated carbocycles. The minimum absolute atomic E-state index is 0.107. The van der Waals surface area contributed by atoms with Crippen molar-refractivity contribution in [1.82, 2.24) is 9.88 Å². The van der Waals surface area contributed by atoms with E-state index in [0.29, 0.717) is 12.1 Å². The van der Waals surface area contributed by atoms with E-state index in [1.54, 1.807) is 0 Å². The second kappa shape index (κ2) is 5.29. The lowest BCUT2D eigenvalue weighted by molar-refractivity contribution is 0.0692. The fourth-order valence-corrected chi connectivity index (χ4v) is 3.12. The number of H-pyrrole nitrogens is 1. The second-order valence-electron chi connectivity index (χ2n) is 5.73. The lowest BCUT2D eigenvalue weighted by Crippen LogP contribution is -2.41. The normalized spacial score (nSPS) is 22.9. The molecule has 4 nitrogen and oxygen atoms in total. The van der Waals surface area contributed by atoms with Crippen LogP contribution in [0.4, 0.5) is 0 Å². The van der Waals surface area contributed by atoms with Gasteiger partial charge in [-0.15, -0.1) is 0 Å². The summed E-state index contributed by atoms with van der Waals surface area (Å²) in [6.07, 6.45) is 5.91. The number of fused-ring (bicyclic) bond motifs is 1. The summed E-state index contributed by atoms with van der Waals surface area (Å²) < 4.78 is 0. The van der Waals surface area contributed by atoms with Crippen molar-refractivity contribution in [2.45, 2.75) is 37.8 Å². The molecular formula is C16H21N3O. The minimum atomic E-state index is 0.107. The zero-order valence-corrected chi connectivity index (χ0v) is 11.8. The average Bonchev–Trinajstić information content (AvgIpc) is 2.95. The molecule has 0 bridgehead atoms. The van der Waals surface area contributed by atoms with Crippen molar-refractivity contribution < 1.29 is 4.79 Å². The van der Waals surface area contributed by atoms with Gasteiger partial charge in [0.25, 0.3) is 5.91 Å². The Morgan fingerprint density at radius 3 is 2.75 bits per heavy atom. The summed E-state index contributed by atoms with van der Waals surface area (Å²) in [5, 5.41) is 0.997. The van der Waals surface area contributed by atoms with Gasteiger partial charge in [-0.1, -0.05) is 6.07 Å². The first-order valence-electron chi connectivity index (χ1n) is 7.25.